The predicted molar refractivity (Wildman–Crippen MR) is 79.2 cm³/mol. The van der Waals surface area contributed by atoms with E-state index in [1.54, 1.807) is 10.6 Å². The number of nitrogens with zero attached hydrogens (tertiary/aromatic N) is 3. The summed E-state index contributed by atoms with van der Waals surface area (Å²) in [5.74, 6) is 0.230. The molecule has 0 aliphatic heterocycles. The summed E-state index contributed by atoms with van der Waals surface area (Å²) in [4.78, 5) is 4.40. The standard InChI is InChI=1S/C16H16N4/c1-13(7-11-19-9-3-2-6-15(19)17)14-5-4-10-20-12-8-18-16(14)20/h2-13,17H,1H3/b11-7+,17-15?. The molecule has 0 aliphatic carbocycles. The molecule has 100 valence electrons. The number of rotatable bonds is 3. The Balaban J connectivity index is 1.94. The highest BCUT2D eigenvalue weighted by Gasteiger charge is 2.07. The van der Waals surface area contributed by atoms with E-state index in [1.807, 2.05) is 53.6 Å². The quantitative estimate of drug-likeness (QED) is 0.776. The van der Waals surface area contributed by atoms with Gasteiger partial charge in [-0.15, -0.1) is 0 Å². The summed E-state index contributed by atoms with van der Waals surface area (Å²) in [6.45, 7) is 2.13. The monoisotopic (exact) mass is 264 g/mol. The third kappa shape index (κ3) is 2.28. The lowest BCUT2D eigenvalue weighted by molar-refractivity contribution is 0.930. The molecular weight excluding hydrogens is 248 g/mol. The number of allylic oxidation sites excluding steroid dienone is 1. The lowest BCUT2D eigenvalue weighted by atomic mass is 10.0. The molecule has 0 spiro atoms. The first-order valence-corrected chi connectivity index (χ1v) is 6.57. The normalized spacial score (nSPS) is 13.1. The third-order valence-corrected chi connectivity index (χ3v) is 3.37. The zero-order chi connectivity index (χ0) is 13.9. The Morgan fingerprint density at radius 1 is 1.15 bits per heavy atom. The van der Waals surface area contributed by atoms with Crippen LogP contribution in [0.4, 0.5) is 0 Å². The molecule has 1 N–H and O–H groups in total. The van der Waals surface area contributed by atoms with Gasteiger partial charge in [0.2, 0.25) is 0 Å². The molecule has 0 radical (unpaired) electrons. The zero-order valence-corrected chi connectivity index (χ0v) is 11.3. The van der Waals surface area contributed by atoms with Crippen molar-refractivity contribution in [1.82, 2.24) is 14.0 Å². The SMILES string of the molecule is CC(/C=C/n1ccccc1=N)c1cccn2ccnc12. The summed E-state index contributed by atoms with van der Waals surface area (Å²) in [5.41, 5.74) is 2.63. The van der Waals surface area contributed by atoms with Crippen molar-refractivity contribution in [2.24, 2.45) is 0 Å². The summed E-state index contributed by atoms with van der Waals surface area (Å²) in [7, 11) is 0. The van der Waals surface area contributed by atoms with E-state index in [0.29, 0.717) is 5.49 Å². The molecule has 0 saturated carbocycles. The largest absolute Gasteiger partial charge is 0.309 e. The van der Waals surface area contributed by atoms with Gasteiger partial charge in [-0.25, -0.2) is 4.98 Å². The van der Waals surface area contributed by atoms with Gasteiger partial charge in [-0.3, -0.25) is 5.41 Å². The van der Waals surface area contributed by atoms with Gasteiger partial charge < -0.3 is 8.97 Å². The Bertz CT molecular complexity index is 810. The van der Waals surface area contributed by atoms with Crippen LogP contribution in [0, 0.1) is 5.41 Å². The van der Waals surface area contributed by atoms with Crippen molar-refractivity contribution in [3.63, 3.8) is 0 Å². The van der Waals surface area contributed by atoms with Crippen molar-refractivity contribution in [1.29, 1.82) is 5.41 Å². The van der Waals surface area contributed by atoms with E-state index in [9.17, 15) is 0 Å². The minimum Gasteiger partial charge on any atom is -0.309 e. The number of fused-ring (bicyclic) bond motifs is 1. The zero-order valence-electron chi connectivity index (χ0n) is 11.3. The van der Waals surface area contributed by atoms with Gasteiger partial charge in [0.15, 0.2) is 0 Å². The molecular formula is C16H16N4. The smallest absolute Gasteiger partial charge is 0.140 e. The van der Waals surface area contributed by atoms with Crippen LogP contribution in [0.25, 0.3) is 11.8 Å². The van der Waals surface area contributed by atoms with Gasteiger partial charge >= 0.3 is 0 Å². The van der Waals surface area contributed by atoms with Crippen LogP contribution in [0.15, 0.2) is 61.2 Å². The van der Waals surface area contributed by atoms with Crippen molar-refractivity contribution < 1.29 is 0 Å². The van der Waals surface area contributed by atoms with E-state index in [4.69, 9.17) is 5.41 Å². The highest BCUT2D eigenvalue weighted by molar-refractivity contribution is 5.51. The molecule has 1 unspecified atom stereocenters. The van der Waals surface area contributed by atoms with Crippen LogP contribution in [0.3, 0.4) is 0 Å². The maximum atomic E-state index is 7.82. The number of aromatic nitrogens is 3. The highest BCUT2D eigenvalue weighted by Crippen LogP contribution is 2.20. The van der Waals surface area contributed by atoms with Crippen molar-refractivity contribution >= 4 is 11.8 Å². The Morgan fingerprint density at radius 3 is 2.90 bits per heavy atom. The molecule has 3 aromatic rings. The van der Waals surface area contributed by atoms with Crippen LogP contribution in [0.2, 0.25) is 0 Å². The van der Waals surface area contributed by atoms with Crippen LogP contribution < -0.4 is 5.49 Å². The number of nitrogens with one attached hydrogen (secondary N) is 1. The molecule has 3 aromatic heterocycles. The van der Waals surface area contributed by atoms with Gasteiger partial charge in [0, 0.05) is 42.5 Å². The number of hydrogen-bond donors (Lipinski definition) is 1. The molecule has 4 nitrogen and oxygen atoms in total. The van der Waals surface area contributed by atoms with Gasteiger partial charge in [-0.2, -0.15) is 0 Å². The fourth-order valence-corrected chi connectivity index (χ4v) is 2.24. The molecule has 1 atom stereocenters. The molecule has 0 saturated heterocycles. The molecule has 0 aromatic carbocycles. The lowest BCUT2D eigenvalue weighted by Gasteiger charge is -2.08. The van der Waals surface area contributed by atoms with Crippen molar-refractivity contribution in [3.05, 3.63) is 72.2 Å². The Morgan fingerprint density at radius 2 is 2.05 bits per heavy atom. The maximum Gasteiger partial charge on any atom is 0.140 e. The summed E-state index contributed by atoms with van der Waals surface area (Å²) in [6.07, 6.45) is 11.6. The lowest BCUT2D eigenvalue weighted by Crippen LogP contribution is -2.12. The second-order valence-electron chi connectivity index (χ2n) is 4.74. The second-order valence-corrected chi connectivity index (χ2v) is 4.74. The van der Waals surface area contributed by atoms with Crippen LogP contribution in [-0.2, 0) is 0 Å². The number of imidazole rings is 1. The van der Waals surface area contributed by atoms with Crippen LogP contribution in [0.1, 0.15) is 18.4 Å². The maximum absolute atomic E-state index is 7.82. The molecule has 4 heteroatoms. The summed E-state index contributed by atoms with van der Waals surface area (Å²) in [6, 6.07) is 9.67. The van der Waals surface area contributed by atoms with Crippen LogP contribution in [-0.4, -0.2) is 14.0 Å². The van der Waals surface area contributed by atoms with E-state index in [2.05, 4.69) is 24.1 Å². The molecule has 0 aliphatic rings. The average molecular weight is 264 g/mol. The van der Waals surface area contributed by atoms with Crippen molar-refractivity contribution in [2.45, 2.75) is 12.8 Å². The van der Waals surface area contributed by atoms with E-state index in [-0.39, 0.29) is 5.92 Å². The van der Waals surface area contributed by atoms with E-state index in [1.165, 1.54) is 5.56 Å². The molecule has 0 amide bonds. The predicted octanol–water partition coefficient (Wildman–Crippen LogP) is 2.89. The first-order valence-electron chi connectivity index (χ1n) is 6.57. The second kappa shape index (κ2) is 5.17. The molecule has 3 rings (SSSR count). The molecule has 3 heterocycles. The van der Waals surface area contributed by atoms with Crippen molar-refractivity contribution in [3.8, 4) is 0 Å². The summed E-state index contributed by atoms with van der Waals surface area (Å²) in [5, 5.41) is 7.82. The summed E-state index contributed by atoms with van der Waals surface area (Å²) < 4.78 is 3.81. The molecule has 0 fully saturated rings. The van der Waals surface area contributed by atoms with Gasteiger partial charge in [-0.1, -0.05) is 25.1 Å². The van der Waals surface area contributed by atoms with E-state index >= 15 is 0 Å². The first-order chi connectivity index (χ1) is 9.75. The molecule has 20 heavy (non-hydrogen) atoms. The Hall–Kier alpha value is -2.62. The fourth-order valence-electron chi connectivity index (χ4n) is 2.24. The molecule has 0 bridgehead atoms. The minimum atomic E-state index is 0.230. The van der Waals surface area contributed by atoms with E-state index in [0.717, 1.165) is 5.65 Å². The number of pyridine rings is 2. The highest BCUT2D eigenvalue weighted by atomic mass is 15.0. The Labute approximate surface area is 117 Å². The van der Waals surface area contributed by atoms with Gasteiger partial charge in [0.25, 0.3) is 0 Å². The minimum absolute atomic E-state index is 0.230. The third-order valence-electron chi connectivity index (χ3n) is 3.37. The Kier molecular flexibility index (Phi) is 3.21. The average Bonchev–Trinajstić information content (AvgIpc) is 2.94. The van der Waals surface area contributed by atoms with Crippen LogP contribution >= 0.6 is 0 Å². The van der Waals surface area contributed by atoms with Crippen molar-refractivity contribution in [2.75, 3.05) is 0 Å². The van der Waals surface area contributed by atoms with Gasteiger partial charge in [0.05, 0.1) is 0 Å². The van der Waals surface area contributed by atoms with Crippen LogP contribution in [0.5, 0.6) is 0 Å². The van der Waals surface area contributed by atoms with Gasteiger partial charge in [-0.05, 0) is 18.2 Å². The summed E-state index contributed by atoms with van der Waals surface area (Å²) >= 11 is 0. The first kappa shape index (κ1) is 12.4. The van der Waals surface area contributed by atoms with E-state index < -0.39 is 0 Å². The van der Waals surface area contributed by atoms with Gasteiger partial charge in [0.1, 0.15) is 11.1 Å². The fraction of sp³-hybridized carbons (Fsp3) is 0.125. The topological polar surface area (TPSA) is 46.1 Å². The number of hydrogen-bond acceptors (Lipinski definition) is 2.